The second kappa shape index (κ2) is 7.05. The Hall–Kier alpha value is -2.69. The first kappa shape index (κ1) is 16.7. The number of aromatic nitrogens is 1. The van der Waals surface area contributed by atoms with Gasteiger partial charge in [-0.3, -0.25) is 9.78 Å². The number of carbonyl (C=O) groups excluding carboxylic acids is 2. The molecule has 1 aromatic carbocycles. The van der Waals surface area contributed by atoms with Crippen LogP contribution in [0.3, 0.4) is 0 Å². The maximum atomic E-state index is 12.5. The third-order valence-corrected chi connectivity index (χ3v) is 3.70. The molecule has 1 aromatic heterocycles. The van der Waals surface area contributed by atoms with Crippen molar-refractivity contribution in [3.8, 4) is 0 Å². The van der Waals surface area contributed by atoms with Crippen LogP contribution in [0.4, 0.5) is 0 Å². The molecule has 0 bridgehead atoms. The van der Waals surface area contributed by atoms with Gasteiger partial charge in [-0.1, -0.05) is 30.3 Å². The van der Waals surface area contributed by atoms with Crippen LogP contribution in [-0.4, -0.2) is 24.0 Å². The number of benzene rings is 1. The molecular weight excluding hydrogens is 292 g/mol. The Kier molecular flexibility index (Phi) is 5.11. The number of pyridine rings is 1. The number of nitrogens with one attached hydrogen (secondary N) is 1. The maximum Gasteiger partial charge on any atom is 0.339 e. The first-order chi connectivity index (χ1) is 10.9. The molecule has 2 rings (SSSR count). The fourth-order valence-electron chi connectivity index (χ4n) is 2.37. The zero-order valence-electron chi connectivity index (χ0n) is 13.7. The highest BCUT2D eigenvalue weighted by Gasteiger charge is 2.19. The smallest absolute Gasteiger partial charge is 0.339 e. The van der Waals surface area contributed by atoms with E-state index in [-0.39, 0.29) is 11.9 Å². The average molecular weight is 312 g/mol. The normalized spacial score (nSPS) is 11.7. The van der Waals surface area contributed by atoms with Crippen molar-refractivity contribution in [2.75, 3.05) is 7.11 Å². The minimum absolute atomic E-state index is 0.147. The largest absolute Gasteiger partial charge is 0.465 e. The Balaban J connectivity index is 2.27. The third kappa shape index (κ3) is 3.74. The highest BCUT2D eigenvalue weighted by molar-refractivity contribution is 5.99. The van der Waals surface area contributed by atoms with Crippen LogP contribution in [0.5, 0.6) is 0 Å². The zero-order chi connectivity index (χ0) is 17.0. The van der Waals surface area contributed by atoms with E-state index in [1.165, 1.54) is 13.2 Å². The molecule has 0 saturated heterocycles. The van der Waals surface area contributed by atoms with Crippen molar-refractivity contribution in [3.05, 3.63) is 64.5 Å². The van der Waals surface area contributed by atoms with Crippen molar-refractivity contribution >= 4 is 11.9 Å². The predicted octanol–water partition coefficient (Wildman–Crippen LogP) is 2.98. The summed E-state index contributed by atoms with van der Waals surface area (Å²) in [4.78, 5) is 28.6. The molecule has 0 aliphatic heterocycles. The number of rotatable bonds is 4. The summed E-state index contributed by atoms with van der Waals surface area (Å²) in [5.41, 5.74) is 2.80. The molecule has 0 saturated carbocycles. The highest BCUT2D eigenvalue weighted by atomic mass is 16.5. The van der Waals surface area contributed by atoms with Crippen molar-refractivity contribution in [2.24, 2.45) is 0 Å². The molecule has 1 heterocycles. The van der Waals surface area contributed by atoms with Gasteiger partial charge in [0, 0.05) is 0 Å². The number of hydrogen-bond acceptors (Lipinski definition) is 4. The standard InChI is InChI=1S/C18H20N2O3/c1-11(14-8-6-5-7-9-14)20-17(21)15-10-16(18(22)23-4)13(3)19-12(15)2/h5-11H,1-4H3,(H,20,21). The second-order valence-electron chi connectivity index (χ2n) is 5.35. The van der Waals surface area contributed by atoms with Gasteiger partial charge in [-0.05, 0) is 32.4 Å². The molecule has 0 radical (unpaired) electrons. The van der Waals surface area contributed by atoms with Crippen LogP contribution >= 0.6 is 0 Å². The van der Waals surface area contributed by atoms with Crippen LogP contribution in [0, 0.1) is 13.8 Å². The summed E-state index contributed by atoms with van der Waals surface area (Å²) in [6.07, 6.45) is 0. The molecular formula is C18H20N2O3. The number of amides is 1. The highest BCUT2D eigenvalue weighted by Crippen LogP contribution is 2.16. The molecule has 0 spiro atoms. The monoisotopic (exact) mass is 312 g/mol. The third-order valence-electron chi connectivity index (χ3n) is 3.70. The molecule has 1 amide bonds. The van der Waals surface area contributed by atoms with E-state index < -0.39 is 5.97 Å². The van der Waals surface area contributed by atoms with E-state index in [1.54, 1.807) is 13.8 Å². The first-order valence-electron chi connectivity index (χ1n) is 7.36. The Labute approximate surface area is 135 Å². The molecule has 0 aliphatic rings. The molecule has 1 atom stereocenters. The van der Waals surface area contributed by atoms with E-state index >= 15 is 0 Å². The molecule has 23 heavy (non-hydrogen) atoms. The van der Waals surface area contributed by atoms with Crippen LogP contribution < -0.4 is 5.32 Å². The fraction of sp³-hybridized carbons (Fsp3) is 0.278. The van der Waals surface area contributed by atoms with Crippen LogP contribution in [0.15, 0.2) is 36.4 Å². The Morgan fingerprint density at radius 3 is 2.30 bits per heavy atom. The first-order valence-corrected chi connectivity index (χ1v) is 7.36. The van der Waals surface area contributed by atoms with Gasteiger partial charge in [-0.15, -0.1) is 0 Å². The van der Waals surface area contributed by atoms with Gasteiger partial charge >= 0.3 is 5.97 Å². The summed E-state index contributed by atoms with van der Waals surface area (Å²) in [5.74, 6) is -0.767. The lowest BCUT2D eigenvalue weighted by Crippen LogP contribution is -2.28. The van der Waals surface area contributed by atoms with Crippen LogP contribution in [0.25, 0.3) is 0 Å². The Bertz CT molecular complexity index is 727. The molecule has 5 nitrogen and oxygen atoms in total. The molecule has 1 N–H and O–H groups in total. The van der Waals surface area contributed by atoms with Gasteiger partial charge in [-0.2, -0.15) is 0 Å². The minimum Gasteiger partial charge on any atom is -0.465 e. The molecule has 0 aliphatic carbocycles. The summed E-state index contributed by atoms with van der Waals surface area (Å²) in [6, 6.07) is 11.1. The molecule has 0 fully saturated rings. The predicted molar refractivity (Wildman–Crippen MR) is 87.4 cm³/mol. The molecule has 1 unspecified atom stereocenters. The number of hydrogen-bond donors (Lipinski definition) is 1. The molecule has 5 heteroatoms. The maximum absolute atomic E-state index is 12.5. The lowest BCUT2D eigenvalue weighted by atomic mass is 10.1. The van der Waals surface area contributed by atoms with E-state index in [2.05, 4.69) is 10.3 Å². The summed E-state index contributed by atoms with van der Waals surface area (Å²) in [5, 5.41) is 2.93. The van der Waals surface area contributed by atoms with E-state index in [9.17, 15) is 9.59 Å². The summed E-state index contributed by atoms with van der Waals surface area (Å²) in [7, 11) is 1.30. The van der Waals surface area contributed by atoms with Crippen LogP contribution in [-0.2, 0) is 4.74 Å². The van der Waals surface area contributed by atoms with Crippen molar-refractivity contribution in [3.63, 3.8) is 0 Å². The van der Waals surface area contributed by atoms with E-state index in [1.807, 2.05) is 37.3 Å². The summed E-state index contributed by atoms with van der Waals surface area (Å²) < 4.78 is 4.73. The summed E-state index contributed by atoms with van der Waals surface area (Å²) in [6.45, 7) is 5.37. The average Bonchev–Trinajstić information content (AvgIpc) is 2.54. The van der Waals surface area contributed by atoms with Crippen molar-refractivity contribution in [1.29, 1.82) is 0 Å². The fourth-order valence-corrected chi connectivity index (χ4v) is 2.37. The second-order valence-corrected chi connectivity index (χ2v) is 5.35. The van der Waals surface area contributed by atoms with Crippen LogP contribution in [0.1, 0.15) is 50.6 Å². The van der Waals surface area contributed by atoms with E-state index in [4.69, 9.17) is 4.74 Å². The zero-order valence-corrected chi connectivity index (χ0v) is 13.7. The topological polar surface area (TPSA) is 68.3 Å². The van der Waals surface area contributed by atoms with Gasteiger partial charge in [0.05, 0.1) is 35.7 Å². The minimum atomic E-state index is -0.500. The number of nitrogens with zero attached hydrogens (tertiary/aromatic N) is 1. The number of esters is 1. The number of carbonyl (C=O) groups is 2. The molecule has 120 valence electrons. The molecule has 2 aromatic rings. The lowest BCUT2D eigenvalue weighted by molar-refractivity contribution is 0.0599. The quantitative estimate of drug-likeness (QED) is 0.881. The number of ether oxygens (including phenoxy) is 1. The van der Waals surface area contributed by atoms with E-state index in [0.717, 1.165) is 5.56 Å². The Morgan fingerprint density at radius 2 is 1.70 bits per heavy atom. The van der Waals surface area contributed by atoms with Gasteiger partial charge in [0.15, 0.2) is 0 Å². The number of methoxy groups -OCH3 is 1. The Morgan fingerprint density at radius 1 is 1.09 bits per heavy atom. The van der Waals surface area contributed by atoms with Gasteiger partial charge in [0.25, 0.3) is 5.91 Å². The summed E-state index contributed by atoms with van der Waals surface area (Å²) >= 11 is 0. The SMILES string of the molecule is COC(=O)c1cc(C(=O)NC(C)c2ccccc2)c(C)nc1C. The van der Waals surface area contributed by atoms with Crippen molar-refractivity contribution in [1.82, 2.24) is 10.3 Å². The van der Waals surface area contributed by atoms with Crippen molar-refractivity contribution in [2.45, 2.75) is 26.8 Å². The number of aryl methyl sites for hydroxylation is 2. The van der Waals surface area contributed by atoms with Gasteiger partial charge in [0.2, 0.25) is 0 Å². The van der Waals surface area contributed by atoms with Gasteiger partial charge < -0.3 is 10.1 Å². The van der Waals surface area contributed by atoms with Crippen molar-refractivity contribution < 1.29 is 14.3 Å². The lowest BCUT2D eigenvalue weighted by Gasteiger charge is -2.16. The van der Waals surface area contributed by atoms with Gasteiger partial charge in [0.1, 0.15) is 0 Å². The van der Waals surface area contributed by atoms with Crippen LogP contribution in [0.2, 0.25) is 0 Å². The van der Waals surface area contributed by atoms with E-state index in [0.29, 0.717) is 22.5 Å². The van der Waals surface area contributed by atoms with Gasteiger partial charge in [-0.25, -0.2) is 4.79 Å².